The number of imide groups is 1. The molecule has 4 rings (SSSR count). The van der Waals surface area contributed by atoms with Crippen molar-refractivity contribution in [3.05, 3.63) is 59.7 Å². The molecule has 0 spiro atoms. The van der Waals surface area contributed by atoms with Gasteiger partial charge in [0.15, 0.2) is 0 Å². The van der Waals surface area contributed by atoms with Gasteiger partial charge in [-0.15, -0.1) is 10.2 Å². The van der Waals surface area contributed by atoms with Crippen LogP contribution < -0.4 is 4.90 Å². The van der Waals surface area contributed by atoms with Gasteiger partial charge < -0.3 is 4.42 Å². The molecule has 3 heterocycles. The molecule has 3 amide bonds. The number of pyridine rings is 1. The second kappa shape index (κ2) is 7.70. The molecule has 166 valence electrons. The summed E-state index contributed by atoms with van der Waals surface area (Å²) in [4.78, 5) is 31.8. The highest BCUT2D eigenvalue weighted by atomic mass is 19.3. The van der Waals surface area contributed by atoms with E-state index in [0.29, 0.717) is 11.8 Å². The lowest BCUT2D eigenvalue weighted by molar-refractivity contribution is -0.130. The molecular weight excluding hydrogens is 434 g/mol. The highest BCUT2D eigenvalue weighted by Crippen LogP contribution is 2.35. The Labute approximate surface area is 178 Å². The Morgan fingerprint density at radius 3 is 2.44 bits per heavy atom. The zero-order valence-corrected chi connectivity index (χ0v) is 16.7. The van der Waals surface area contributed by atoms with Crippen LogP contribution in [0.3, 0.4) is 0 Å². The van der Waals surface area contributed by atoms with E-state index >= 15 is 0 Å². The Bertz CT molecular complexity index is 1200. The summed E-state index contributed by atoms with van der Waals surface area (Å²) in [5, 5.41) is 6.75. The Morgan fingerprint density at radius 1 is 1.09 bits per heavy atom. The van der Waals surface area contributed by atoms with Gasteiger partial charge in [0.05, 0.1) is 23.5 Å². The maximum absolute atomic E-state index is 14.3. The molecule has 0 bridgehead atoms. The third-order valence-corrected chi connectivity index (χ3v) is 4.92. The van der Waals surface area contributed by atoms with Crippen molar-refractivity contribution in [2.75, 3.05) is 4.90 Å². The minimum Gasteiger partial charge on any atom is -0.415 e. The van der Waals surface area contributed by atoms with Gasteiger partial charge in [-0.05, 0) is 38.1 Å². The number of amides is 3. The summed E-state index contributed by atoms with van der Waals surface area (Å²) in [6, 6.07) is 4.83. The molecular formula is C20H15F4N5O3. The fourth-order valence-corrected chi connectivity index (χ4v) is 3.32. The average molecular weight is 449 g/mol. The third-order valence-electron chi connectivity index (χ3n) is 4.92. The zero-order chi connectivity index (χ0) is 23.2. The summed E-state index contributed by atoms with van der Waals surface area (Å²) >= 11 is 0. The number of anilines is 1. The van der Waals surface area contributed by atoms with Crippen molar-refractivity contribution in [1.29, 1.82) is 0 Å². The van der Waals surface area contributed by atoms with Crippen LogP contribution >= 0.6 is 0 Å². The van der Waals surface area contributed by atoms with E-state index in [1.807, 2.05) is 0 Å². The average Bonchev–Trinajstić information content (AvgIpc) is 3.29. The molecule has 1 fully saturated rings. The number of aromatic nitrogens is 3. The summed E-state index contributed by atoms with van der Waals surface area (Å²) in [6.07, 6.45) is -1.64. The van der Waals surface area contributed by atoms with E-state index in [-0.39, 0.29) is 23.7 Å². The Morgan fingerprint density at radius 2 is 1.84 bits per heavy atom. The van der Waals surface area contributed by atoms with Gasteiger partial charge in [0.25, 0.3) is 11.8 Å². The number of hydrogen-bond acceptors (Lipinski definition) is 6. The molecule has 8 nitrogen and oxygen atoms in total. The summed E-state index contributed by atoms with van der Waals surface area (Å²) in [6.45, 7) is 2.66. The van der Waals surface area contributed by atoms with Gasteiger partial charge in [-0.25, -0.2) is 13.6 Å². The SMILES string of the molecule is CC1(C)C(=O)N(Cc2ccc(-c3nnc(C(F)F)o3)cn2)C(=O)N1c1ccc(F)cc1F. The van der Waals surface area contributed by atoms with Crippen LogP contribution in [0.5, 0.6) is 0 Å². The number of carbonyl (C=O) groups is 2. The fraction of sp³-hybridized carbons (Fsp3) is 0.250. The molecule has 1 aliphatic rings. The molecule has 0 N–H and O–H groups in total. The number of carbonyl (C=O) groups excluding carboxylic acids is 2. The zero-order valence-electron chi connectivity index (χ0n) is 16.7. The van der Waals surface area contributed by atoms with E-state index in [1.54, 1.807) is 0 Å². The molecule has 12 heteroatoms. The second-order valence-corrected chi connectivity index (χ2v) is 7.45. The van der Waals surface area contributed by atoms with E-state index in [2.05, 4.69) is 15.2 Å². The lowest BCUT2D eigenvalue weighted by Gasteiger charge is -2.28. The van der Waals surface area contributed by atoms with Crippen molar-refractivity contribution < 1.29 is 31.6 Å². The standard InChI is InChI=1S/C20H15F4N5O3/c1-20(2)18(30)28(19(31)29(20)14-6-4-11(21)7-13(14)22)9-12-5-3-10(8-25-12)16-26-27-17(32-16)15(23)24/h3-8,15H,9H2,1-2H3. The molecule has 0 radical (unpaired) electrons. The van der Waals surface area contributed by atoms with Gasteiger partial charge in [0, 0.05) is 12.3 Å². The highest BCUT2D eigenvalue weighted by Gasteiger charge is 2.52. The topological polar surface area (TPSA) is 92.4 Å². The van der Waals surface area contributed by atoms with E-state index in [0.717, 1.165) is 21.9 Å². The number of urea groups is 1. The van der Waals surface area contributed by atoms with Crippen LogP contribution in [0.4, 0.5) is 28.0 Å². The first-order valence-corrected chi connectivity index (χ1v) is 9.27. The number of hydrogen-bond donors (Lipinski definition) is 0. The summed E-state index contributed by atoms with van der Waals surface area (Å²) in [5.74, 6) is -3.38. The van der Waals surface area contributed by atoms with Crippen molar-refractivity contribution in [3.63, 3.8) is 0 Å². The van der Waals surface area contributed by atoms with Gasteiger partial charge in [0.2, 0.25) is 5.89 Å². The van der Waals surface area contributed by atoms with E-state index in [1.165, 1.54) is 32.2 Å². The predicted octanol–water partition coefficient (Wildman–Crippen LogP) is 4.09. The van der Waals surface area contributed by atoms with Gasteiger partial charge >= 0.3 is 12.5 Å². The van der Waals surface area contributed by atoms with Gasteiger partial charge in [-0.2, -0.15) is 8.78 Å². The summed E-state index contributed by atoms with van der Waals surface area (Å²) in [7, 11) is 0. The normalized spacial score (nSPS) is 15.8. The Balaban J connectivity index is 1.57. The van der Waals surface area contributed by atoms with E-state index < -0.39 is 41.4 Å². The Kier molecular flexibility index (Phi) is 5.15. The summed E-state index contributed by atoms with van der Waals surface area (Å²) < 4.78 is 57.6. The highest BCUT2D eigenvalue weighted by molar-refractivity contribution is 6.16. The predicted molar refractivity (Wildman–Crippen MR) is 101 cm³/mol. The lowest BCUT2D eigenvalue weighted by Crippen LogP contribution is -2.44. The molecule has 1 aliphatic heterocycles. The number of alkyl halides is 2. The number of nitrogens with zero attached hydrogens (tertiary/aromatic N) is 5. The van der Waals surface area contributed by atoms with Crippen molar-refractivity contribution in [2.24, 2.45) is 0 Å². The molecule has 0 unspecified atom stereocenters. The van der Waals surface area contributed by atoms with Crippen LogP contribution in [-0.4, -0.2) is 37.6 Å². The first-order valence-electron chi connectivity index (χ1n) is 9.27. The van der Waals surface area contributed by atoms with Crippen LogP contribution in [0.2, 0.25) is 0 Å². The molecule has 1 aromatic carbocycles. The fourth-order valence-electron chi connectivity index (χ4n) is 3.32. The van der Waals surface area contributed by atoms with Gasteiger partial charge in [0.1, 0.15) is 17.2 Å². The van der Waals surface area contributed by atoms with Crippen molar-refractivity contribution in [3.8, 4) is 11.5 Å². The minimum atomic E-state index is -2.91. The Hall–Kier alpha value is -3.83. The monoisotopic (exact) mass is 449 g/mol. The summed E-state index contributed by atoms with van der Waals surface area (Å²) in [5.41, 5.74) is -1.10. The molecule has 32 heavy (non-hydrogen) atoms. The molecule has 0 atom stereocenters. The van der Waals surface area contributed by atoms with Gasteiger partial charge in [-0.1, -0.05) is 0 Å². The van der Waals surface area contributed by atoms with Crippen molar-refractivity contribution in [1.82, 2.24) is 20.1 Å². The van der Waals surface area contributed by atoms with Crippen LogP contribution in [0.1, 0.15) is 31.9 Å². The number of benzene rings is 1. The smallest absolute Gasteiger partial charge is 0.332 e. The number of halogens is 4. The van der Waals surface area contributed by atoms with Crippen molar-refractivity contribution in [2.45, 2.75) is 32.4 Å². The van der Waals surface area contributed by atoms with Crippen LogP contribution in [-0.2, 0) is 11.3 Å². The van der Waals surface area contributed by atoms with Crippen LogP contribution in [0, 0.1) is 11.6 Å². The second-order valence-electron chi connectivity index (χ2n) is 7.45. The van der Waals surface area contributed by atoms with Crippen molar-refractivity contribution >= 4 is 17.6 Å². The molecule has 3 aromatic rings. The maximum Gasteiger partial charge on any atom is 0.332 e. The third kappa shape index (κ3) is 3.57. The minimum absolute atomic E-state index is 0.160. The first-order chi connectivity index (χ1) is 15.1. The van der Waals surface area contributed by atoms with Gasteiger partial charge in [-0.3, -0.25) is 19.6 Å². The lowest BCUT2D eigenvalue weighted by atomic mass is 10.0. The largest absolute Gasteiger partial charge is 0.415 e. The van der Waals surface area contributed by atoms with Crippen LogP contribution in [0.25, 0.3) is 11.5 Å². The van der Waals surface area contributed by atoms with E-state index in [9.17, 15) is 27.2 Å². The molecule has 1 saturated heterocycles. The van der Waals surface area contributed by atoms with E-state index in [4.69, 9.17) is 4.42 Å². The number of rotatable bonds is 5. The molecule has 0 aliphatic carbocycles. The first kappa shape index (κ1) is 21.4. The van der Waals surface area contributed by atoms with Crippen LogP contribution in [0.15, 0.2) is 40.9 Å². The maximum atomic E-state index is 14.3. The molecule has 2 aromatic heterocycles. The quantitative estimate of drug-likeness (QED) is 0.430. The molecule has 0 saturated carbocycles.